The molecule has 3 nitrogen and oxygen atoms in total. The Kier molecular flexibility index (Phi) is 3.61. The third-order valence-electron chi connectivity index (χ3n) is 2.27. The van der Waals surface area contributed by atoms with Gasteiger partial charge >= 0.3 is 0 Å². The summed E-state index contributed by atoms with van der Waals surface area (Å²) >= 11 is 0. The minimum atomic E-state index is -0.432. The van der Waals surface area contributed by atoms with Gasteiger partial charge in [-0.2, -0.15) is 0 Å². The molecule has 0 saturated carbocycles. The van der Waals surface area contributed by atoms with Crippen LogP contribution in [-0.2, 0) is 4.79 Å². The quantitative estimate of drug-likeness (QED) is 0.816. The number of aryl methyl sites for hydroxylation is 1. The van der Waals surface area contributed by atoms with E-state index in [1.54, 1.807) is 19.1 Å². The van der Waals surface area contributed by atoms with Crippen LogP contribution in [0.4, 0.5) is 0 Å². The van der Waals surface area contributed by atoms with Crippen LogP contribution in [0.15, 0.2) is 24.3 Å². The normalized spacial score (nSPS) is 11.9. The van der Waals surface area contributed by atoms with E-state index >= 15 is 0 Å². The Labute approximate surface area is 89.5 Å². The largest absolute Gasteiger partial charge is 0.343 e. The summed E-state index contributed by atoms with van der Waals surface area (Å²) in [5.74, 6) is -0.256. The van der Waals surface area contributed by atoms with Crippen molar-refractivity contribution in [2.45, 2.75) is 26.8 Å². The first-order valence-electron chi connectivity index (χ1n) is 4.88. The molecule has 0 spiro atoms. The summed E-state index contributed by atoms with van der Waals surface area (Å²) in [6, 6.07) is 6.80. The van der Waals surface area contributed by atoms with Gasteiger partial charge in [-0.15, -0.1) is 0 Å². The Bertz CT molecular complexity index is 368. The van der Waals surface area contributed by atoms with Gasteiger partial charge in [-0.1, -0.05) is 17.7 Å². The molecule has 1 rings (SSSR count). The number of rotatable bonds is 3. The molecule has 0 aliphatic heterocycles. The summed E-state index contributed by atoms with van der Waals surface area (Å²) in [6.45, 7) is 5.09. The van der Waals surface area contributed by atoms with Gasteiger partial charge in [0.05, 0.1) is 6.04 Å². The molecule has 0 saturated heterocycles. The van der Waals surface area contributed by atoms with E-state index in [1.165, 1.54) is 6.92 Å². The van der Waals surface area contributed by atoms with Crippen molar-refractivity contribution in [1.82, 2.24) is 5.32 Å². The highest BCUT2D eigenvalue weighted by Crippen LogP contribution is 2.03. The van der Waals surface area contributed by atoms with E-state index < -0.39 is 6.04 Å². The highest BCUT2D eigenvalue weighted by atomic mass is 16.2. The molecule has 15 heavy (non-hydrogen) atoms. The van der Waals surface area contributed by atoms with Crippen molar-refractivity contribution in [3.8, 4) is 0 Å². The molecule has 1 aromatic rings. The fourth-order valence-electron chi connectivity index (χ4n) is 1.09. The lowest BCUT2D eigenvalue weighted by atomic mass is 10.1. The van der Waals surface area contributed by atoms with E-state index in [0.29, 0.717) is 5.56 Å². The molecule has 1 atom stereocenters. The summed E-state index contributed by atoms with van der Waals surface area (Å²) < 4.78 is 0. The highest BCUT2D eigenvalue weighted by Gasteiger charge is 2.12. The van der Waals surface area contributed by atoms with E-state index in [1.807, 2.05) is 19.1 Å². The maximum atomic E-state index is 11.6. The van der Waals surface area contributed by atoms with Crippen LogP contribution in [0.5, 0.6) is 0 Å². The summed E-state index contributed by atoms with van der Waals surface area (Å²) in [5, 5.41) is 2.63. The highest BCUT2D eigenvalue weighted by molar-refractivity contribution is 5.97. The van der Waals surface area contributed by atoms with Gasteiger partial charge in [0.15, 0.2) is 5.78 Å². The SMILES string of the molecule is CC(=O)C(C)NC(=O)c1ccc(C)cc1. The molecule has 0 bridgehead atoms. The molecule has 0 heterocycles. The summed E-state index contributed by atoms with van der Waals surface area (Å²) in [6.07, 6.45) is 0. The van der Waals surface area contributed by atoms with Gasteiger partial charge in [-0.3, -0.25) is 9.59 Å². The number of benzene rings is 1. The Morgan fingerprint density at radius 1 is 1.20 bits per heavy atom. The van der Waals surface area contributed by atoms with Crippen molar-refractivity contribution in [3.05, 3.63) is 35.4 Å². The minimum absolute atomic E-state index is 0.0459. The van der Waals surface area contributed by atoms with Crippen molar-refractivity contribution in [3.63, 3.8) is 0 Å². The fourth-order valence-corrected chi connectivity index (χ4v) is 1.09. The number of Topliss-reactive ketones (excluding diaryl/α,β-unsaturated/α-hetero) is 1. The van der Waals surface area contributed by atoms with Crippen LogP contribution in [0.25, 0.3) is 0 Å². The molecule has 3 heteroatoms. The standard InChI is InChI=1S/C12H15NO2/c1-8-4-6-11(7-5-8)12(15)13-9(2)10(3)14/h4-7,9H,1-3H3,(H,13,15). The van der Waals surface area contributed by atoms with E-state index in [9.17, 15) is 9.59 Å². The monoisotopic (exact) mass is 205 g/mol. The number of nitrogens with one attached hydrogen (secondary N) is 1. The van der Waals surface area contributed by atoms with Crippen molar-refractivity contribution >= 4 is 11.7 Å². The van der Waals surface area contributed by atoms with E-state index in [2.05, 4.69) is 5.32 Å². The Hall–Kier alpha value is -1.64. The van der Waals surface area contributed by atoms with Crippen LogP contribution in [-0.4, -0.2) is 17.7 Å². The van der Waals surface area contributed by atoms with Gasteiger partial charge in [0.25, 0.3) is 5.91 Å². The number of amides is 1. The third kappa shape index (κ3) is 3.20. The fraction of sp³-hybridized carbons (Fsp3) is 0.333. The lowest BCUT2D eigenvalue weighted by molar-refractivity contribution is -0.118. The Morgan fingerprint density at radius 3 is 2.20 bits per heavy atom. The third-order valence-corrected chi connectivity index (χ3v) is 2.27. The Morgan fingerprint density at radius 2 is 1.73 bits per heavy atom. The average molecular weight is 205 g/mol. The molecule has 1 unspecified atom stereocenters. The summed E-state index contributed by atoms with van der Waals surface area (Å²) in [7, 11) is 0. The van der Waals surface area contributed by atoms with Crippen molar-refractivity contribution in [1.29, 1.82) is 0 Å². The van der Waals surface area contributed by atoms with Crippen LogP contribution in [0, 0.1) is 6.92 Å². The molecule has 0 radical (unpaired) electrons. The van der Waals surface area contributed by atoms with Gasteiger partial charge in [-0.05, 0) is 32.9 Å². The van der Waals surface area contributed by atoms with Gasteiger partial charge < -0.3 is 5.32 Å². The molecule has 1 N–H and O–H groups in total. The van der Waals surface area contributed by atoms with Crippen LogP contribution in [0.1, 0.15) is 29.8 Å². The zero-order valence-electron chi connectivity index (χ0n) is 9.20. The lowest BCUT2D eigenvalue weighted by Gasteiger charge is -2.10. The second-order valence-electron chi connectivity index (χ2n) is 3.67. The number of ketones is 1. The maximum absolute atomic E-state index is 11.6. The van der Waals surface area contributed by atoms with Crippen LogP contribution in [0.3, 0.4) is 0 Å². The van der Waals surface area contributed by atoms with Crippen molar-refractivity contribution in [2.75, 3.05) is 0 Å². The number of hydrogen-bond acceptors (Lipinski definition) is 2. The Balaban J connectivity index is 2.69. The van der Waals surface area contributed by atoms with Crippen molar-refractivity contribution < 1.29 is 9.59 Å². The predicted molar refractivity (Wildman–Crippen MR) is 58.8 cm³/mol. The summed E-state index contributed by atoms with van der Waals surface area (Å²) in [5.41, 5.74) is 1.68. The van der Waals surface area contributed by atoms with Crippen LogP contribution in [0.2, 0.25) is 0 Å². The first-order valence-corrected chi connectivity index (χ1v) is 4.88. The first kappa shape index (κ1) is 11.4. The molecule has 1 aromatic carbocycles. The van der Waals surface area contributed by atoms with Crippen LogP contribution < -0.4 is 5.32 Å². The second-order valence-corrected chi connectivity index (χ2v) is 3.67. The number of hydrogen-bond donors (Lipinski definition) is 1. The zero-order valence-corrected chi connectivity index (χ0v) is 9.20. The molecule has 0 aliphatic carbocycles. The maximum Gasteiger partial charge on any atom is 0.251 e. The van der Waals surface area contributed by atoms with Gasteiger partial charge in [0.1, 0.15) is 0 Å². The van der Waals surface area contributed by atoms with Crippen LogP contribution >= 0.6 is 0 Å². The van der Waals surface area contributed by atoms with E-state index in [0.717, 1.165) is 5.56 Å². The second kappa shape index (κ2) is 4.73. The minimum Gasteiger partial charge on any atom is -0.343 e. The lowest BCUT2D eigenvalue weighted by Crippen LogP contribution is -2.37. The predicted octanol–water partition coefficient (Wildman–Crippen LogP) is 1.70. The molecule has 80 valence electrons. The topological polar surface area (TPSA) is 46.2 Å². The van der Waals surface area contributed by atoms with Crippen molar-refractivity contribution in [2.24, 2.45) is 0 Å². The van der Waals surface area contributed by atoms with E-state index in [4.69, 9.17) is 0 Å². The molecule has 0 fully saturated rings. The van der Waals surface area contributed by atoms with Gasteiger partial charge in [-0.25, -0.2) is 0 Å². The number of carbonyl (C=O) groups excluding carboxylic acids is 2. The molecular formula is C12H15NO2. The zero-order chi connectivity index (χ0) is 11.4. The molecule has 0 aromatic heterocycles. The van der Waals surface area contributed by atoms with E-state index in [-0.39, 0.29) is 11.7 Å². The summed E-state index contributed by atoms with van der Waals surface area (Å²) in [4.78, 5) is 22.6. The molecule has 1 amide bonds. The molecule has 0 aliphatic rings. The smallest absolute Gasteiger partial charge is 0.251 e. The van der Waals surface area contributed by atoms with Gasteiger partial charge in [0, 0.05) is 5.56 Å². The average Bonchev–Trinajstić information content (AvgIpc) is 2.18. The first-order chi connectivity index (χ1) is 7.00. The van der Waals surface area contributed by atoms with Gasteiger partial charge in [0.2, 0.25) is 0 Å². The molecular weight excluding hydrogens is 190 g/mol. The number of carbonyl (C=O) groups is 2.